The molecule has 3 fully saturated rings. The number of carbonyl (C=O) groups excluding carboxylic acids is 2. The quantitative estimate of drug-likeness (QED) is 0.793. The summed E-state index contributed by atoms with van der Waals surface area (Å²) in [6, 6.07) is 8.11. The van der Waals surface area contributed by atoms with Crippen molar-refractivity contribution in [3.8, 4) is 0 Å². The molecule has 1 aromatic carbocycles. The number of nitrogens with zero attached hydrogens (tertiary/aromatic N) is 2. The van der Waals surface area contributed by atoms with Gasteiger partial charge in [-0.25, -0.2) is 0 Å². The number of amides is 2. The molecule has 1 atom stereocenters. The largest absolute Gasteiger partial charge is 0.381 e. The highest BCUT2D eigenvalue weighted by Gasteiger charge is 2.52. The summed E-state index contributed by atoms with van der Waals surface area (Å²) < 4.78 is 11.0. The summed E-state index contributed by atoms with van der Waals surface area (Å²) in [7, 11) is 0. The fourth-order valence-electron chi connectivity index (χ4n) is 4.78. The van der Waals surface area contributed by atoms with Gasteiger partial charge in [0.1, 0.15) is 0 Å². The van der Waals surface area contributed by atoms with Gasteiger partial charge >= 0.3 is 0 Å². The number of ether oxygens (including phenoxy) is 2. The highest BCUT2D eigenvalue weighted by molar-refractivity contribution is 5.84. The topological polar surface area (TPSA) is 59.1 Å². The third-order valence-electron chi connectivity index (χ3n) is 6.59. The van der Waals surface area contributed by atoms with Crippen molar-refractivity contribution in [3.63, 3.8) is 0 Å². The molecule has 0 aliphatic carbocycles. The van der Waals surface area contributed by atoms with Crippen LogP contribution in [0, 0.1) is 18.3 Å². The van der Waals surface area contributed by atoms with E-state index in [-0.39, 0.29) is 23.1 Å². The molecule has 0 bridgehead atoms. The first kappa shape index (κ1) is 19.4. The number of aryl methyl sites for hydroxylation is 1. The number of morpholine rings is 1. The van der Waals surface area contributed by atoms with Crippen LogP contribution in [0.25, 0.3) is 0 Å². The molecule has 0 unspecified atom stereocenters. The van der Waals surface area contributed by atoms with Crippen LogP contribution in [0.5, 0.6) is 0 Å². The van der Waals surface area contributed by atoms with Crippen LogP contribution < -0.4 is 0 Å². The molecule has 1 aromatic rings. The minimum Gasteiger partial charge on any atom is -0.381 e. The Morgan fingerprint density at radius 3 is 2.32 bits per heavy atom. The molecule has 4 rings (SSSR count). The summed E-state index contributed by atoms with van der Waals surface area (Å²) in [6.07, 6.45) is 2.09. The molecular formula is C22H30N2O4. The molecule has 1 spiro atoms. The second-order valence-electron chi connectivity index (χ2n) is 8.40. The van der Waals surface area contributed by atoms with Crippen molar-refractivity contribution in [1.82, 2.24) is 9.80 Å². The average molecular weight is 386 g/mol. The molecule has 0 saturated carbocycles. The molecule has 3 aliphatic rings. The van der Waals surface area contributed by atoms with E-state index in [2.05, 4.69) is 0 Å². The Morgan fingerprint density at radius 2 is 1.64 bits per heavy atom. The van der Waals surface area contributed by atoms with E-state index in [1.165, 1.54) is 5.56 Å². The summed E-state index contributed by atoms with van der Waals surface area (Å²) >= 11 is 0. The van der Waals surface area contributed by atoms with Crippen LogP contribution in [0.2, 0.25) is 0 Å². The number of rotatable bonds is 3. The molecule has 6 nitrogen and oxygen atoms in total. The first-order chi connectivity index (χ1) is 13.6. The summed E-state index contributed by atoms with van der Waals surface area (Å²) in [5.74, 6) is 0.180. The second kappa shape index (κ2) is 8.21. The van der Waals surface area contributed by atoms with Gasteiger partial charge in [-0.3, -0.25) is 9.59 Å². The van der Waals surface area contributed by atoms with E-state index in [1.807, 2.05) is 41.0 Å². The fraction of sp³-hybridized carbons (Fsp3) is 0.636. The van der Waals surface area contributed by atoms with E-state index in [1.54, 1.807) is 0 Å². The fourth-order valence-corrected chi connectivity index (χ4v) is 4.78. The van der Waals surface area contributed by atoms with Crippen LogP contribution in [0.1, 0.15) is 24.0 Å². The van der Waals surface area contributed by atoms with Crippen LogP contribution in [0.15, 0.2) is 24.3 Å². The predicted molar refractivity (Wildman–Crippen MR) is 105 cm³/mol. The second-order valence-corrected chi connectivity index (χ2v) is 8.40. The van der Waals surface area contributed by atoms with Gasteiger partial charge in [-0.2, -0.15) is 0 Å². The van der Waals surface area contributed by atoms with Gasteiger partial charge in [-0.15, -0.1) is 0 Å². The molecule has 2 amide bonds. The Morgan fingerprint density at radius 1 is 1.00 bits per heavy atom. The minimum absolute atomic E-state index is 0.118. The summed E-state index contributed by atoms with van der Waals surface area (Å²) in [5.41, 5.74) is 2.07. The van der Waals surface area contributed by atoms with E-state index in [9.17, 15) is 9.59 Å². The van der Waals surface area contributed by atoms with Gasteiger partial charge in [0.2, 0.25) is 11.8 Å². The van der Waals surface area contributed by atoms with Crippen LogP contribution in [-0.4, -0.2) is 74.2 Å². The molecule has 3 heterocycles. The molecule has 0 radical (unpaired) electrons. The third kappa shape index (κ3) is 3.94. The average Bonchev–Trinajstić information content (AvgIpc) is 3.09. The van der Waals surface area contributed by atoms with Gasteiger partial charge in [0.15, 0.2) is 0 Å². The zero-order valence-electron chi connectivity index (χ0n) is 16.7. The molecule has 28 heavy (non-hydrogen) atoms. The molecule has 6 heteroatoms. The lowest BCUT2D eigenvalue weighted by Crippen LogP contribution is -2.49. The van der Waals surface area contributed by atoms with E-state index in [0.717, 1.165) is 18.4 Å². The highest BCUT2D eigenvalue weighted by Crippen LogP contribution is 2.45. The van der Waals surface area contributed by atoms with Crippen molar-refractivity contribution in [2.75, 3.05) is 52.6 Å². The van der Waals surface area contributed by atoms with Crippen molar-refractivity contribution >= 4 is 11.8 Å². The SMILES string of the molecule is Cc1ccc(CC(=O)N2C[C@H](C(=O)N3CCOCC3)C3(CCOCC3)C2)cc1. The lowest BCUT2D eigenvalue weighted by molar-refractivity contribution is -0.144. The monoisotopic (exact) mass is 386 g/mol. The Labute approximate surface area is 166 Å². The maximum atomic E-state index is 13.3. The van der Waals surface area contributed by atoms with E-state index >= 15 is 0 Å². The van der Waals surface area contributed by atoms with E-state index in [4.69, 9.17) is 9.47 Å². The summed E-state index contributed by atoms with van der Waals surface area (Å²) in [5, 5.41) is 0. The van der Waals surface area contributed by atoms with Crippen molar-refractivity contribution < 1.29 is 19.1 Å². The van der Waals surface area contributed by atoms with Gasteiger partial charge in [0.25, 0.3) is 0 Å². The number of likely N-dealkylation sites (tertiary alicyclic amines) is 1. The third-order valence-corrected chi connectivity index (χ3v) is 6.59. The maximum Gasteiger partial charge on any atom is 0.228 e. The number of hydrogen-bond donors (Lipinski definition) is 0. The lowest BCUT2D eigenvalue weighted by Gasteiger charge is -2.39. The number of benzene rings is 1. The van der Waals surface area contributed by atoms with Gasteiger partial charge in [-0.05, 0) is 25.3 Å². The van der Waals surface area contributed by atoms with E-state index < -0.39 is 0 Å². The standard InChI is InChI=1S/C22H30N2O4/c1-17-2-4-18(5-3-17)14-20(25)24-15-19(21(26)23-8-12-28-13-9-23)22(16-24)6-10-27-11-7-22/h2-5,19H,6-16H2,1H3/t19-/m1/s1. The number of hydrogen-bond acceptors (Lipinski definition) is 4. The highest BCUT2D eigenvalue weighted by atomic mass is 16.5. The van der Waals surface area contributed by atoms with Crippen molar-refractivity contribution in [2.45, 2.75) is 26.2 Å². The maximum absolute atomic E-state index is 13.3. The first-order valence-electron chi connectivity index (χ1n) is 10.3. The van der Waals surface area contributed by atoms with Crippen LogP contribution in [0.4, 0.5) is 0 Å². The van der Waals surface area contributed by atoms with Crippen LogP contribution in [0.3, 0.4) is 0 Å². The van der Waals surface area contributed by atoms with Crippen LogP contribution >= 0.6 is 0 Å². The summed E-state index contributed by atoms with van der Waals surface area (Å²) in [4.78, 5) is 30.2. The Balaban J connectivity index is 1.49. The molecule has 152 valence electrons. The van der Waals surface area contributed by atoms with Gasteiger partial charge in [-0.1, -0.05) is 29.8 Å². The lowest BCUT2D eigenvalue weighted by atomic mass is 9.71. The Kier molecular flexibility index (Phi) is 5.69. The zero-order chi connectivity index (χ0) is 19.6. The molecular weight excluding hydrogens is 356 g/mol. The smallest absolute Gasteiger partial charge is 0.228 e. The van der Waals surface area contributed by atoms with Gasteiger partial charge < -0.3 is 19.3 Å². The first-order valence-corrected chi connectivity index (χ1v) is 10.3. The minimum atomic E-state index is -0.142. The van der Waals surface area contributed by atoms with Crippen molar-refractivity contribution in [1.29, 1.82) is 0 Å². The summed E-state index contributed by atoms with van der Waals surface area (Å²) in [6.45, 7) is 7.10. The number of carbonyl (C=O) groups is 2. The predicted octanol–water partition coefficient (Wildman–Crippen LogP) is 1.65. The van der Waals surface area contributed by atoms with Gasteiger partial charge in [0, 0.05) is 44.8 Å². The van der Waals surface area contributed by atoms with Gasteiger partial charge in [0.05, 0.1) is 25.6 Å². The van der Waals surface area contributed by atoms with Crippen molar-refractivity contribution in [3.05, 3.63) is 35.4 Å². The molecule has 3 aliphatic heterocycles. The Hall–Kier alpha value is -1.92. The normalized spacial score (nSPS) is 24.5. The zero-order valence-corrected chi connectivity index (χ0v) is 16.7. The van der Waals surface area contributed by atoms with E-state index in [0.29, 0.717) is 59.0 Å². The molecule has 3 saturated heterocycles. The van der Waals surface area contributed by atoms with Crippen LogP contribution in [-0.2, 0) is 25.5 Å². The molecule has 0 aromatic heterocycles. The van der Waals surface area contributed by atoms with Crippen molar-refractivity contribution in [2.24, 2.45) is 11.3 Å². The molecule has 0 N–H and O–H groups in total. The Bertz CT molecular complexity index is 706.